The fraction of sp³-hybridized carbons (Fsp3) is 0.421. The quantitative estimate of drug-likeness (QED) is 0.923. The summed E-state index contributed by atoms with van der Waals surface area (Å²) in [7, 11) is 0. The summed E-state index contributed by atoms with van der Waals surface area (Å²) in [5, 5.41) is 10.4. The Hall–Kier alpha value is -2.14. The molecule has 2 atom stereocenters. The van der Waals surface area contributed by atoms with E-state index in [1.54, 1.807) is 12.1 Å². The van der Waals surface area contributed by atoms with Crippen LogP contribution >= 0.6 is 0 Å². The van der Waals surface area contributed by atoms with E-state index in [0.29, 0.717) is 24.3 Å². The number of rotatable bonds is 4. The van der Waals surface area contributed by atoms with Crippen LogP contribution in [0.1, 0.15) is 54.3 Å². The van der Waals surface area contributed by atoms with Gasteiger partial charge in [0.25, 0.3) is 5.91 Å². The highest BCUT2D eigenvalue weighted by atomic mass is 19.1. The molecule has 0 radical (unpaired) electrons. The third kappa shape index (κ3) is 3.85. The molecular weight excluding hydrogens is 309 g/mol. The molecule has 1 aliphatic rings. The highest BCUT2D eigenvalue weighted by molar-refractivity contribution is 5.94. The number of halogens is 1. The number of hydrogen-bond donors (Lipinski definition) is 1. The SMILES string of the molecule is O=C(c1ccc(F)cc1)N1CCCCCC1CC(O)c1ccco1. The fourth-order valence-corrected chi connectivity index (χ4v) is 3.30. The second-order valence-electron chi connectivity index (χ2n) is 6.28. The Balaban J connectivity index is 1.76. The van der Waals surface area contributed by atoms with Crippen molar-refractivity contribution in [3.63, 3.8) is 0 Å². The third-order valence-electron chi connectivity index (χ3n) is 4.60. The zero-order valence-electron chi connectivity index (χ0n) is 13.5. The predicted octanol–water partition coefficient (Wildman–Crippen LogP) is 3.93. The van der Waals surface area contributed by atoms with Crippen molar-refractivity contribution in [2.24, 2.45) is 0 Å². The van der Waals surface area contributed by atoms with Gasteiger partial charge in [-0.15, -0.1) is 0 Å². The van der Waals surface area contributed by atoms with E-state index in [2.05, 4.69) is 0 Å². The minimum absolute atomic E-state index is 0.0508. The van der Waals surface area contributed by atoms with Gasteiger partial charge < -0.3 is 14.4 Å². The molecular formula is C19H22FNO3. The highest BCUT2D eigenvalue weighted by Gasteiger charge is 2.29. The molecule has 1 aromatic carbocycles. The highest BCUT2D eigenvalue weighted by Crippen LogP contribution is 2.27. The summed E-state index contributed by atoms with van der Waals surface area (Å²) in [6.45, 7) is 0.658. The number of nitrogens with zero attached hydrogens (tertiary/aromatic N) is 1. The van der Waals surface area contributed by atoms with Gasteiger partial charge in [-0.1, -0.05) is 12.8 Å². The van der Waals surface area contributed by atoms with Crippen LogP contribution < -0.4 is 0 Å². The normalized spacial score (nSPS) is 19.8. The summed E-state index contributed by atoms with van der Waals surface area (Å²) in [6.07, 6.45) is 5.15. The van der Waals surface area contributed by atoms with E-state index in [0.717, 1.165) is 25.7 Å². The minimum Gasteiger partial charge on any atom is -0.467 e. The van der Waals surface area contributed by atoms with Crippen molar-refractivity contribution in [1.29, 1.82) is 0 Å². The van der Waals surface area contributed by atoms with E-state index in [9.17, 15) is 14.3 Å². The molecule has 2 unspecified atom stereocenters. The zero-order valence-corrected chi connectivity index (χ0v) is 13.5. The second kappa shape index (κ2) is 7.62. The number of furan rings is 1. The Morgan fingerprint density at radius 1 is 1.25 bits per heavy atom. The lowest BCUT2D eigenvalue weighted by molar-refractivity contribution is 0.0557. The van der Waals surface area contributed by atoms with E-state index >= 15 is 0 Å². The van der Waals surface area contributed by atoms with Gasteiger partial charge >= 0.3 is 0 Å². The van der Waals surface area contributed by atoms with E-state index in [4.69, 9.17) is 4.42 Å². The molecule has 3 rings (SSSR count). The molecule has 24 heavy (non-hydrogen) atoms. The first kappa shape index (κ1) is 16.7. The molecule has 2 aromatic rings. The van der Waals surface area contributed by atoms with Gasteiger partial charge in [0.15, 0.2) is 0 Å². The third-order valence-corrected chi connectivity index (χ3v) is 4.60. The number of aliphatic hydroxyl groups is 1. The van der Waals surface area contributed by atoms with Crippen LogP contribution in [-0.2, 0) is 0 Å². The molecule has 1 saturated heterocycles. The first-order valence-electron chi connectivity index (χ1n) is 8.43. The lowest BCUT2D eigenvalue weighted by Crippen LogP contribution is -2.40. The molecule has 1 aliphatic heterocycles. The smallest absolute Gasteiger partial charge is 0.254 e. The summed E-state index contributed by atoms with van der Waals surface area (Å²) < 4.78 is 18.4. The van der Waals surface area contributed by atoms with Crippen LogP contribution in [0.4, 0.5) is 4.39 Å². The first-order valence-corrected chi connectivity index (χ1v) is 8.43. The monoisotopic (exact) mass is 331 g/mol. The van der Waals surface area contributed by atoms with Crippen molar-refractivity contribution >= 4 is 5.91 Å². The van der Waals surface area contributed by atoms with Crippen LogP contribution in [0.2, 0.25) is 0 Å². The van der Waals surface area contributed by atoms with Gasteiger partial charge in [-0.2, -0.15) is 0 Å². The van der Waals surface area contributed by atoms with Gasteiger partial charge in [0.05, 0.1) is 6.26 Å². The minimum atomic E-state index is -0.730. The number of amides is 1. The predicted molar refractivity (Wildman–Crippen MR) is 88.0 cm³/mol. The van der Waals surface area contributed by atoms with E-state index in [1.165, 1.54) is 30.5 Å². The van der Waals surface area contributed by atoms with Crippen LogP contribution in [0, 0.1) is 5.82 Å². The number of carbonyl (C=O) groups is 1. The van der Waals surface area contributed by atoms with Crippen LogP contribution in [0.3, 0.4) is 0 Å². The van der Waals surface area contributed by atoms with Crippen LogP contribution in [0.5, 0.6) is 0 Å². The average Bonchev–Trinajstić information content (AvgIpc) is 3.03. The van der Waals surface area contributed by atoms with Gasteiger partial charge in [0.2, 0.25) is 0 Å². The maximum atomic E-state index is 13.1. The second-order valence-corrected chi connectivity index (χ2v) is 6.28. The summed E-state index contributed by atoms with van der Waals surface area (Å²) in [6, 6.07) is 9.08. The molecule has 1 N–H and O–H groups in total. The molecule has 1 fully saturated rings. The lowest BCUT2D eigenvalue weighted by Gasteiger charge is -2.31. The summed E-state index contributed by atoms with van der Waals surface area (Å²) >= 11 is 0. The molecule has 5 heteroatoms. The van der Waals surface area contributed by atoms with Crippen LogP contribution in [-0.4, -0.2) is 28.5 Å². The fourth-order valence-electron chi connectivity index (χ4n) is 3.30. The maximum Gasteiger partial charge on any atom is 0.254 e. The summed E-state index contributed by atoms with van der Waals surface area (Å²) in [5.74, 6) is 0.0641. The zero-order chi connectivity index (χ0) is 16.9. The summed E-state index contributed by atoms with van der Waals surface area (Å²) in [5.41, 5.74) is 0.482. The van der Waals surface area contributed by atoms with Crippen molar-refractivity contribution in [2.45, 2.75) is 44.2 Å². The average molecular weight is 331 g/mol. The first-order chi connectivity index (χ1) is 11.6. The number of hydrogen-bond acceptors (Lipinski definition) is 3. The molecule has 1 aromatic heterocycles. The number of carbonyl (C=O) groups excluding carboxylic acids is 1. The molecule has 0 bridgehead atoms. The molecule has 0 spiro atoms. The van der Waals surface area contributed by atoms with E-state index in [1.807, 2.05) is 4.90 Å². The van der Waals surface area contributed by atoms with Crippen molar-refractivity contribution in [1.82, 2.24) is 4.90 Å². The Bertz CT molecular complexity index is 654. The summed E-state index contributed by atoms with van der Waals surface area (Å²) in [4.78, 5) is 14.7. The van der Waals surface area contributed by atoms with Crippen molar-refractivity contribution in [2.75, 3.05) is 6.54 Å². The number of aliphatic hydroxyl groups excluding tert-OH is 1. The van der Waals surface area contributed by atoms with Gasteiger partial charge in [-0.05, 0) is 49.2 Å². The molecule has 4 nitrogen and oxygen atoms in total. The molecule has 0 saturated carbocycles. The van der Waals surface area contributed by atoms with Gasteiger partial charge in [-0.3, -0.25) is 4.79 Å². The van der Waals surface area contributed by atoms with Crippen molar-refractivity contribution in [3.05, 3.63) is 59.8 Å². The van der Waals surface area contributed by atoms with Gasteiger partial charge in [0.1, 0.15) is 17.7 Å². The topological polar surface area (TPSA) is 53.7 Å². The van der Waals surface area contributed by atoms with Gasteiger partial charge in [-0.25, -0.2) is 4.39 Å². The van der Waals surface area contributed by atoms with Crippen molar-refractivity contribution < 1.29 is 18.7 Å². The van der Waals surface area contributed by atoms with Crippen LogP contribution in [0.25, 0.3) is 0 Å². The maximum absolute atomic E-state index is 13.1. The largest absolute Gasteiger partial charge is 0.467 e. The Morgan fingerprint density at radius 2 is 2.04 bits per heavy atom. The molecule has 128 valence electrons. The molecule has 1 amide bonds. The number of likely N-dealkylation sites (tertiary alicyclic amines) is 1. The van der Waals surface area contributed by atoms with Crippen molar-refractivity contribution in [3.8, 4) is 0 Å². The molecule has 0 aliphatic carbocycles. The van der Waals surface area contributed by atoms with Crippen LogP contribution in [0.15, 0.2) is 47.1 Å². The van der Waals surface area contributed by atoms with E-state index < -0.39 is 6.10 Å². The number of benzene rings is 1. The Labute approximate surface area is 140 Å². The Kier molecular flexibility index (Phi) is 5.30. The Morgan fingerprint density at radius 3 is 2.75 bits per heavy atom. The van der Waals surface area contributed by atoms with E-state index in [-0.39, 0.29) is 17.8 Å². The standard InChI is InChI=1S/C19H22FNO3/c20-15-9-7-14(8-10-15)19(23)21-11-3-1-2-5-16(21)13-17(22)18-6-4-12-24-18/h4,6-10,12,16-17,22H,1-3,5,11,13H2. The van der Waals surface area contributed by atoms with Gasteiger partial charge in [0, 0.05) is 24.6 Å². The molecule has 2 heterocycles. The lowest BCUT2D eigenvalue weighted by atomic mass is 10.0.